The molecule has 1 rings (SSSR count). The fourth-order valence-electron chi connectivity index (χ4n) is 1.25. The topological polar surface area (TPSA) is 98.3 Å². The van der Waals surface area contributed by atoms with Crippen molar-refractivity contribution in [3.8, 4) is 0 Å². The van der Waals surface area contributed by atoms with E-state index in [-0.39, 0.29) is 12.1 Å². The van der Waals surface area contributed by atoms with E-state index in [2.05, 4.69) is 5.32 Å². The van der Waals surface area contributed by atoms with Crippen LogP contribution in [0.5, 0.6) is 0 Å². The van der Waals surface area contributed by atoms with E-state index >= 15 is 0 Å². The molecule has 0 aliphatic rings. The summed E-state index contributed by atoms with van der Waals surface area (Å²) in [5.41, 5.74) is 6.24. The number of hydrogen-bond acceptors (Lipinski definition) is 4. The number of anilines is 1. The molecule has 0 spiro atoms. The highest BCUT2D eigenvalue weighted by Gasteiger charge is 2.10. The van der Waals surface area contributed by atoms with Crippen LogP contribution in [-0.2, 0) is 4.79 Å². The van der Waals surface area contributed by atoms with E-state index < -0.39 is 10.8 Å². The Bertz CT molecular complexity index is 418. The second-order valence-electron chi connectivity index (χ2n) is 3.40. The number of nitrogens with one attached hydrogen (secondary N) is 1. The number of nitrogens with two attached hydrogens (primary N) is 1. The summed E-state index contributed by atoms with van der Waals surface area (Å²) in [4.78, 5) is 20.7. The van der Waals surface area contributed by atoms with Gasteiger partial charge in [0.2, 0.25) is 5.91 Å². The predicted molar refractivity (Wildman–Crippen MR) is 60.1 cm³/mol. The molecule has 0 atom stereocenters. The third-order valence-corrected chi connectivity index (χ3v) is 2.11. The average molecular weight is 223 g/mol. The number of hydrogen-bond donors (Lipinski definition) is 2. The van der Waals surface area contributed by atoms with Gasteiger partial charge in [0.05, 0.1) is 4.92 Å². The lowest BCUT2D eigenvalue weighted by Gasteiger charge is -2.05. The Hall–Kier alpha value is -2.11. The molecule has 0 unspecified atom stereocenters. The van der Waals surface area contributed by atoms with Crippen LogP contribution >= 0.6 is 0 Å². The van der Waals surface area contributed by atoms with E-state index in [4.69, 9.17) is 5.73 Å². The average Bonchev–Trinajstić information content (AvgIpc) is 2.19. The minimum absolute atomic E-state index is 0.0593. The molecule has 0 bridgehead atoms. The lowest BCUT2D eigenvalue weighted by atomic mass is 10.2. The maximum Gasteiger partial charge on any atom is 0.274 e. The largest absolute Gasteiger partial charge is 0.384 e. The van der Waals surface area contributed by atoms with Gasteiger partial charge in [0.1, 0.15) is 0 Å². The van der Waals surface area contributed by atoms with Gasteiger partial charge in [0.15, 0.2) is 0 Å². The van der Waals surface area contributed by atoms with Gasteiger partial charge in [-0.2, -0.15) is 0 Å². The third-order valence-electron chi connectivity index (χ3n) is 2.11. The van der Waals surface area contributed by atoms with E-state index in [0.29, 0.717) is 17.8 Å². The maximum atomic E-state index is 10.7. The molecule has 86 valence electrons. The van der Waals surface area contributed by atoms with Gasteiger partial charge in [0, 0.05) is 30.3 Å². The van der Waals surface area contributed by atoms with E-state index in [1.807, 2.05) is 0 Å². The first-order valence-corrected chi connectivity index (χ1v) is 4.78. The van der Waals surface area contributed by atoms with Crippen molar-refractivity contribution in [3.63, 3.8) is 0 Å². The molecule has 1 aromatic rings. The van der Waals surface area contributed by atoms with Crippen LogP contribution in [-0.4, -0.2) is 17.4 Å². The molecule has 0 saturated carbocycles. The van der Waals surface area contributed by atoms with Crippen LogP contribution in [0.1, 0.15) is 12.0 Å². The van der Waals surface area contributed by atoms with E-state index in [1.165, 1.54) is 6.07 Å². The van der Waals surface area contributed by atoms with E-state index in [1.54, 1.807) is 19.1 Å². The molecule has 1 aromatic carbocycles. The van der Waals surface area contributed by atoms with Crippen LogP contribution < -0.4 is 11.1 Å². The summed E-state index contributed by atoms with van der Waals surface area (Å²) < 4.78 is 0. The Labute approximate surface area is 92.6 Å². The highest BCUT2D eigenvalue weighted by Crippen LogP contribution is 2.22. The number of aryl methyl sites for hydroxylation is 1. The maximum absolute atomic E-state index is 10.7. The first kappa shape index (κ1) is 12.0. The molecular formula is C10H13N3O3. The number of primary amides is 1. The summed E-state index contributed by atoms with van der Waals surface area (Å²) in [6.45, 7) is 2.04. The van der Waals surface area contributed by atoms with Gasteiger partial charge in [0.25, 0.3) is 5.69 Å². The molecule has 6 heteroatoms. The summed E-state index contributed by atoms with van der Waals surface area (Å²) in [6, 6.07) is 4.82. The van der Waals surface area contributed by atoms with Crippen LogP contribution in [0, 0.1) is 17.0 Å². The van der Waals surface area contributed by atoms with Crippen LogP contribution in [0.2, 0.25) is 0 Å². The lowest BCUT2D eigenvalue weighted by molar-refractivity contribution is -0.385. The van der Waals surface area contributed by atoms with Crippen molar-refractivity contribution in [3.05, 3.63) is 33.9 Å². The Morgan fingerprint density at radius 1 is 1.56 bits per heavy atom. The van der Waals surface area contributed by atoms with Gasteiger partial charge in [-0.25, -0.2) is 0 Å². The van der Waals surface area contributed by atoms with Crippen LogP contribution in [0.3, 0.4) is 0 Å². The van der Waals surface area contributed by atoms with Crippen LogP contribution in [0.15, 0.2) is 18.2 Å². The molecule has 1 amide bonds. The molecule has 16 heavy (non-hydrogen) atoms. The molecule has 0 heterocycles. The molecule has 0 aliphatic heterocycles. The first-order valence-electron chi connectivity index (χ1n) is 4.78. The molecular weight excluding hydrogens is 210 g/mol. The third kappa shape index (κ3) is 3.23. The normalized spacial score (nSPS) is 9.81. The number of rotatable bonds is 5. The highest BCUT2D eigenvalue weighted by molar-refractivity contribution is 5.74. The molecule has 3 N–H and O–H groups in total. The monoisotopic (exact) mass is 223 g/mol. The second-order valence-corrected chi connectivity index (χ2v) is 3.40. The first-order chi connectivity index (χ1) is 7.50. The van der Waals surface area contributed by atoms with Gasteiger partial charge < -0.3 is 11.1 Å². The Morgan fingerprint density at radius 2 is 2.25 bits per heavy atom. The minimum atomic E-state index is -0.436. The number of nitro groups is 1. The fraction of sp³-hybridized carbons (Fsp3) is 0.300. The minimum Gasteiger partial charge on any atom is -0.384 e. The van der Waals surface area contributed by atoms with E-state index in [0.717, 1.165) is 0 Å². The highest BCUT2D eigenvalue weighted by atomic mass is 16.6. The number of nitro benzene ring substituents is 1. The summed E-state index contributed by atoms with van der Waals surface area (Å²) >= 11 is 0. The van der Waals surface area contributed by atoms with Crippen molar-refractivity contribution in [1.29, 1.82) is 0 Å². The van der Waals surface area contributed by atoms with Crippen molar-refractivity contribution < 1.29 is 9.72 Å². The molecule has 6 nitrogen and oxygen atoms in total. The van der Waals surface area contributed by atoms with Gasteiger partial charge in [-0.1, -0.05) is 6.07 Å². The molecule has 0 saturated heterocycles. The standard InChI is InChI=1S/C10H13N3O3/c1-7-2-3-8(6-9(7)13(15)16)12-5-4-10(11)14/h2-3,6,12H,4-5H2,1H3,(H2,11,14). The smallest absolute Gasteiger partial charge is 0.274 e. The second kappa shape index (κ2) is 5.11. The van der Waals surface area contributed by atoms with Gasteiger partial charge >= 0.3 is 0 Å². The number of amides is 1. The number of nitrogens with zero attached hydrogens (tertiary/aromatic N) is 1. The van der Waals surface area contributed by atoms with Crippen molar-refractivity contribution in [2.24, 2.45) is 5.73 Å². The quantitative estimate of drug-likeness (QED) is 0.578. The Balaban J connectivity index is 2.71. The zero-order valence-corrected chi connectivity index (χ0v) is 8.90. The summed E-state index contributed by atoms with van der Waals surface area (Å²) in [6.07, 6.45) is 0.196. The molecule has 0 fully saturated rings. The predicted octanol–water partition coefficient (Wildman–Crippen LogP) is 1.19. The number of carbonyl (C=O) groups is 1. The zero-order valence-electron chi connectivity index (χ0n) is 8.90. The van der Waals surface area contributed by atoms with Crippen LogP contribution in [0.25, 0.3) is 0 Å². The van der Waals surface area contributed by atoms with Gasteiger partial charge in [-0.05, 0) is 13.0 Å². The van der Waals surface area contributed by atoms with E-state index in [9.17, 15) is 14.9 Å². The van der Waals surface area contributed by atoms with Crippen molar-refractivity contribution in [2.75, 3.05) is 11.9 Å². The Morgan fingerprint density at radius 3 is 2.81 bits per heavy atom. The zero-order chi connectivity index (χ0) is 12.1. The van der Waals surface area contributed by atoms with Gasteiger partial charge in [-0.3, -0.25) is 14.9 Å². The van der Waals surface area contributed by atoms with Crippen LogP contribution in [0.4, 0.5) is 11.4 Å². The Kier molecular flexibility index (Phi) is 3.82. The van der Waals surface area contributed by atoms with Crippen molar-refractivity contribution in [2.45, 2.75) is 13.3 Å². The summed E-state index contributed by atoms with van der Waals surface area (Å²) in [5.74, 6) is -0.408. The van der Waals surface area contributed by atoms with Gasteiger partial charge in [-0.15, -0.1) is 0 Å². The number of carbonyl (C=O) groups excluding carboxylic acids is 1. The summed E-state index contributed by atoms with van der Waals surface area (Å²) in [7, 11) is 0. The van der Waals surface area contributed by atoms with Crippen molar-refractivity contribution >= 4 is 17.3 Å². The summed E-state index contributed by atoms with van der Waals surface area (Å²) in [5, 5.41) is 13.6. The number of benzene rings is 1. The molecule has 0 aliphatic carbocycles. The lowest BCUT2D eigenvalue weighted by Crippen LogP contribution is -2.15. The molecule has 0 radical (unpaired) electrons. The fourth-order valence-corrected chi connectivity index (χ4v) is 1.25. The van der Waals surface area contributed by atoms with Crippen molar-refractivity contribution in [1.82, 2.24) is 0 Å². The molecule has 0 aromatic heterocycles. The SMILES string of the molecule is Cc1ccc(NCCC(N)=O)cc1[N+](=O)[O-].